The first-order valence-electron chi connectivity index (χ1n) is 7.13. The van der Waals surface area contributed by atoms with Gasteiger partial charge in [0.25, 0.3) is 5.91 Å². The van der Waals surface area contributed by atoms with Crippen molar-refractivity contribution in [3.63, 3.8) is 0 Å². The van der Waals surface area contributed by atoms with Gasteiger partial charge in [0.15, 0.2) is 0 Å². The summed E-state index contributed by atoms with van der Waals surface area (Å²) in [6.07, 6.45) is 2.18. The number of benzene rings is 1. The summed E-state index contributed by atoms with van der Waals surface area (Å²) in [4.78, 5) is 14.5. The van der Waals surface area contributed by atoms with Crippen LogP contribution in [0.5, 0.6) is 0 Å². The van der Waals surface area contributed by atoms with Gasteiger partial charge in [-0.3, -0.25) is 4.79 Å². The van der Waals surface area contributed by atoms with E-state index >= 15 is 0 Å². The second kappa shape index (κ2) is 5.92. The second-order valence-electron chi connectivity index (χ2n) is 6.26. The zero-order chi connectivity index (χ0) is 14.8. The zero-order valence-corrected chi connectivity index (χ0v) is 12.5. The highest BCUT2D eigenvalue weighted by atomic mass is 19.1. The number of carbonyl (C=O) groups is 1. The fourth-order valence-corrected chi connectivity index (χ4v) is 2.61. The lowest BCUT2D eigenvalue weighted by atomic mass is 9.80. The molecule has 0 aromatic heterocycles. The number of likely N-dealkylation sites (tertiary alicyclic amines) is 1. The molecule has 20 heavy (non-hydrogen) atoms. The molecule has 3 nitrogen and oxygen atoms in total. The monoisotopic (exact) mass is 278 g/mol. The van der Waals surface area contributed by atoms with E-state index in [0.29, 0.717) is 17.7 Å². The van der Waals surface area contributed by atoms with Crippen LogP contribution in [0.15, 0.2) is 18.2 Å². The third-order valence-corrected chi connectivity index (χ3v) is 4.30. The molecule has 1 aliphatic heterocycles. The van der Waals surface area contributed by atoms with Crippen LogP contribution in [0.3, 0.4) is 0 Å². The van der Waals surface area contributed by atoms with Crippen molar-refractivity contribution in [2.75, 3.05) is 26.7 Å². The Morgan fingerprint density at radius 3 is 2.65 bits per heavy atom. The molecular formula is C16H23FN2O. The van der Waals surface area contributed by atoms with Gasteiger partial charge in [0.05, 0.1) is 0 Å². The maximum absolute atomic E-state index is 13.0. The number of amides is 1. The molecule has 1 saturated heterocycles. The van der Waals surface area contributed by atoms with Crippen LogP contribution in [0.4, 0.5) is 4.39 Å². The average molecular weight is 278 g/mol. The molecule has 0 atom stereocenters. The van der Waals surface area contributed by atoms with Gasteiger partial charge in [-0.15, -0.1) is 0 Å². The summed E-state index contributed by atoms with van der Waals surface area (Å²) in [5.41, 5.74) is 1.40. The number of hydrogen-bond donors (Lipinski definition) is 1. The minimum absolute atomic E-state index is 0.109. The van der Waals surface area contributed by atoms with E-state index in [-0.39, 0.29) is 17.1 Å². The van der Waals surface area contributed by atoms with Crippen LogP contribution in [-0.2, 0) is 0 Å². The van der Waals surface area contributed by atoms with Gasteiger partial charge in [-0.25, -0.2) is 4.39 Å². The molecule has 1 N–H and O–H groups in total. The largest absolute Gasteiger partial charge is 0.351 e. The van der Waals surface area contributed by atoms with Gasteiger partial charge in [-0.2, -0.15) is 0 Å². The Labute approximate surface area is 120 Å². The fourth-order valence-electron chi connectivity index (χ4n) is 2.61. The van der Waals surface area contributed by atoms with Crippen molar-refractivity contribution in [1.82, 2.24) is 10.2 Å². The van der Waals surface area contributed by atoms with Crippen molar-refractivity contribution in [1.29, 1.82) is 0 Å². The summed E-state index contributed by atoms with van der Waals surface area (Å²) in [6.45, 7) is 6.80. The van der Waals surface area contributed by atoms with Gasteiger partial charge in [-0.05, 0) is 69.1 Å². The van der Waals surface area contributed by atoms with E-state index in [1.165, 1.54) is 12.1 Å². The van der Waals surface area contributed by atoms with Gasteiger partial charge < -0.3 is 10.2 Å². The first-order chi connectivity index (χ1) is 9.39. The number of halogens is 1. The lowest BCUT2D eigenvalue weighted by molar-refractivity contribution is 0.0891. The number of hydrogen-bond acceptors (Lipinski definition) is 2. The Bertz CT molecular complexity index is 493. The number of nitrogens with one attached hydrogen (secondary N) is 1. The van der Waals surface area contributed by atoms with Gasteiger partial charge in [0, 0.05) is 12.1 Å². The molecule has 2 rings (SSSR count). The van der Waals surface area contributed by atoms with Crippen molar-refractivity contribution >= 4 is 5.91 Å². The quantitative estimate of drug-likeness (QED) is 0.921. The van der Waals surface area contributed by atoms with E-state index in [1.807, 2.05) is 0 Å². The number of aryl methyl sites for hydroxylation is 1. The SMILES string of the molecule is Cc1cc(F)ccc1C(=O)NCC1(C)CCN(C)CC1. The van der Waals surface area contributed by atoms with Crippen LogP contribution < -0.4 is 5.32 Å². The molecule has 0 aliphatic carbocycles. The Kier molecular flexibility index (Phi) is 4.43. The van der Waals surface area contributed by atoms with E-state index < -0.39 is 0 Å². The molecule has 0 unspecified atom stereocenters. The van der Waals surface area contributed by atoms with Crippen molar-refractivity contribution in [3.8, 4) is 0 Å². The van der Waals surface area contributed by atoms with Gasteiger partial charge in [0.2, 0.25) is 0 Å². The number of nitrogens with zero attached hydrogens (tertiary/aromatic N) is 1. The fraction of sp³-hybridized carbons (Fsp3) is 0.562. The minimum Gasteiger partial charge on any atom is -0.351 e. The molecule has 110 valence electrons. The van der Waals surface area contributed by atoms with Gasteiger partial charge in [0.1, 0.15) is 5.82 Å². The normalized spacial score (nSPS) is 18.8. The van der Waals surface area contributed by atoms with Gasteiger partial charge in [-0.1, -0.05) is 6.92 Å². The topological polar surface area (TPSA) is 32.3 Å². The molecule has 4 heteroatoms. The molecule has 1 aromatic carbocycles. The molecular weight excluding hydrogens is 255 g/mol. The molecule has 1 aliphatic rings. The lowest BCUT2D eigenvalue weighted by Gasteiger charge is -2.38. The standard InChI is InChI=1S/C16H23FN2O/c1-12-10-13(17)4-5-14(12)15(20)18-11-16(2)6-8-19(3)9-7-16/h4-5,10H,6-9,11H2,1-3H3,(H,18,20). The Hall–Kier alpha value is -1.42. The summed E-state index contributed by atoms with van der Waals surface area (Å²) in [7, 11) is 2.13. The summed E-state index contributed by atoms with van der Waals surface area (Å²) in [5.74, 6) is -0.413. The average Bonchev–Trinajstić information content (AvgIpc) is 2.40. The van der Waals surface area contributed by atoms with Gasteiger partial charge >= 0.3 is 0 Å². The van der Waals surface area contributed by atoms with Crippen LogP contribution in [0.2, 0.25) is 0 Å². The molecule has 0 radical (unpaired) electrons. The molecule has 1 amide bonds. The van der Waals surface area contributed by atoms with Crippen molar-refractivity contribution in [2.45, 2.75) is 26.7 Å². The van der Waals surface area contributed by atoms with Crippen LogP contribution in [-0.4, -0.2) is 37.5 Å². The lowest BCUT2D eigenvalue weighted by Crippen LogP contribution is -2.43. The summed E-state index contributed by atoms with van der Waals surface area (Å²) < 4.78 is 13.0. The third kappa shape index (κ3) is 3.57. The molecule has 1 aromatic rings. The van der Waals surface area contributed by atoms with Crippen LogP contribution in [0.25, 0.3) is 0 Å². The second-order valence-corrected chi connectivity index (χ2v) is 6.26. The predicted molar refractivity (Wildman–Crippen MR) is 78.3 cm³/mol. The Balaban J connectivity index is 1.95. The highest BCUT2D eigenvalue weighted by Crippen LogP contribution is 2.29. The maximum atomic E-state index is 13.0. The molecule has 1 fully saturated rings. The van der Waals surface area contributed by atoms with Crippen molar-refractivity contribution in [3.05, 3.63) is 35.1 Å². The van der Waals surface area contributed by atoms with Crippen molar-refractivity contribution in [2.24, 2.45) is 5.41 Å². The minimum atomic E-state index is -0.304. The number of piperidine rings is 1. The van der Waals surface area contributed by atoms with Crippen LogP contribution >= 0.6 is 0 Å². The van der Waals surface area contributed by atoms with E-state index in [1.54, 1.807) is 13.0 Å². The predicted octanol–water partition coefficient (Wildman–Crippen LogP) is 2.60. The molecule has 0 bridgehead atoms. The maximum Gasteiger partial charge on any atom is 0.251 e. The molecule has 0 saturated carbocycles. The first-order valence-corrected chi connectivity index (χ1v) is 7.13. The first kappa shape index (κ1) is 15.0. The Morgan fingerprint density at radius 1 is 1.40 bits per heavy atom. The smallest absolute Gasteiger partial charge is 0.251 e. The van der Waals surface area contributed by atoms with Crippen LogP contribution in [0.1, 0.15) is 35.7 Å². The van der Waals surface area contributed by atoms with E-state index in [0.717, 1.165) is 25.9 Å². The van der Waals surface area contributed by atoms with E-state index in [4.69, 9.17) is 0 Å². The van der Waals surface area contributed by atoms with E-state index in [9.17, 15) is 9.18 Å². The summed E-state index contributed by atoms with van der Waals surface area (Å²) in [6, 6.07) is 4.28. The van der Waals surface area contributed by atoms with Crippen LogP contribution in [0, 0.1) is 18.2 Å². The Morgan fingerprint density at radius 2 is 2.05 bits per heavy atom. The summed E-state index contributed by atoms with van der Waals surface area (Å²) in [5, 5.41) is 3.00. The highest BCUT2D eigenvalue weighted by Gasteiger charge is 2.29. The highest BCUT2D eigenvalue weighted by molar-refractivity contribution is 5.95. The third-order valence-electron chi connectivity index (χ3n) is 4.30. The number of rotatable bonds is 3. The number of carbonyl (C=O) groups excluding carboxylic acids is 1. The van der Waals surface area contributed by atoms with Crippen molar-refractivity contribution < 1.29 is 9.18 Å². The molecule has 1 heterocycles. The molecule has 0 spiro atoms. The summed E-state index contributed by atoms with van der Waals surface area (Å²) >= 11 is 0. The zero-order valence-electron chi connectivity index (χ0n) is 12.5. The van der Waals surface area contributed by atoms with E-state index in [2.05, 4.69) is 24.2 Å².